The summed E-state index contributed by atoms with van der Waals surface area (Å²) in [7, 11) is 0. The predicted octanol–water partition coefficient (Wildman–Crippen LogP) is 4.35. The quantitative estimate of drug-likeness (QED) is 0.421. The molecule has 6 heteroatoms. The van der Waals surface area contributed by atoms with Gasteiger partial charge < -0.3 is 10.1 Å². The first kappa shape index (κ1) is 16.7. The number of benzene rings is 2. The van der Waals surface area contributed by atoms with E-state index >= 15 is 0 Å². The van der Waals surface area contributed by atoms with Crippen molar-refractivity contribution in [3.63, 3.8) is 0 Å². The van der Waals surface area contributed by atoms with E-state index in [1.807, 2.05) is 29.6 Å². The van der Waals surface area contributed by atoms with Gasteiger partial charge in [0.1, 0.15) is 6.07 Å². The number of ether oxygens (including phenoxy) is 1. The molecule has 3 aromatic rings. The van der Waals surface area contributed by atoms with E-state index in [2.05, 4.69) is 34.6 Å². The summed E-state index contributed by atoms with van der Waals surface area (Å²) in [6.45, 7) is 1.91. The minimum absolute atomic E-state index is 0.0932. The summed E-state index contributed by atoms with van der Waals surface area (Å²) in [6, 6.07) is 16.1. The molecule has 0 amide bonds. The molecule has 0 spiro atoms. The van der Waals surface area contributed by atoms with Crippen LogP contribution in [0.15, 0.2) is 59.6 Å². The molecule has 1 heterocycles. The molecule has 0 aliphatic rings. The van der Waals surface area contributed by atoms with E-state index in [4.69, 9.17) is 10.00 Å². The van der Waals surface area contributed by atoms with E-state index < -0.39 is 5.97 Å². The molecule has 1 N–H and O–H groups in total. The fourth-order valence-electron chi connectivity index (χ4n) is 2.30. The number of rotatable bonds is 5. The molecule has 0 unspecified atom stereocenters. The molecule has 0 radical (unpaired) electrons. The largest absolute Gasteiger partial charge is 0.462 e. The van der Waals surface area contributed by atoms with Crippen LogP contribution < -0.4 is 5.32 Å². The van der Waals surface area contributed by atoms with Crippen LogP contribution >= 0.6 is 11.3 Å². The van der Waals surface area contributed by atoms with E-state index in [-0.39, 0.29) is 12.2 Å². The SMILES string of the molecule is CCOC(=O)/C(C#N)=C\Nc1nc(-c2ccc3ccccc3c2)cs1. The number of aromatic nitrogens is 1. The van der Waals surface area contributed by atoms with Crippen LogP contribution in [-0.2, 0) is 9.53 Å². The lowest BCUT2D eigenvalue weighted by Gasteiger charge is -2.01. The van der Waals surface area contributed by atoms with Crippen molar-refractivity contribution in [3.8, 4) is 17.3 Å². The topological polar surface area (TPSA) is 75.0 Å². The highest BCUT2D eigenvalue weighted by molar-refractivity contribution is 7.14. The fourth-order valence-corrected chi connectivity index (χ4v) is 2.99. The van der Waals surface area contributed by atoms with E-state index in [0.717, 1.165) is 16.6 Å². The number of carbonyl (C=O) groups excluding carboxylic acids is 1. The minimum Gasteiger partial charge on any atom is -0.462 e. The molecule has 3 rings (SSSR count). The van der Waals surface area contributed by atoms with Gasteiger partial charge in [-0.25, -0.2) is 9.78 Å². The zero-order valence-electron chi connectivity index (χ0n) is 13.5. The molecule has 1 aromatic heterocycles. The van der Waals surface area contributed by atoms with Gasteiger partial charge in [0.05, 0.1) is 12.3 Å². The Morgan fingerprint density at radius 2 is 2.12 bits per heavy atom. The first-order valence-electron chi connectivity index (χ1n) is 7.70. The summed E-state index contributed by atoms with van der Waals surface area (Å²) in [5.41, 5.74) is 1.75. The Morgan fingerprint density at radius 1 is 1.32 bits per heavy atom. The smallest absolute Gasteiger partial charge is 0.350 e. The average Bonchev–Trinajstić information content (AvgIpc) is 3.11. The minimum atomic E-state index is -0.649. The highest BCUT2D eigenvalue weighted by atomic mass is 32.1. The van der Waals surface area contributed by atoms with Crippen molar-refractivity contribution in [2.75, 3.05) is 11.9 Å². The van der Waals surface area contributed by atoms with Crippen LogP contribution in [0, 0.1) is 11.3 Å². The van der Waals surface area contributed by atoms with Gasteiger partial charge in [0.15, 0.2) is 10.7 Å². The Balaban J connectivity index is 1.79. The number of nitrogens with zero attached hydrogens (tertiary/aromatic N) is 2. The van der Waals surface area contributed by atoms with Gasteiger partial charge in [-0.15, -0.1) is 11.3 Å². The second kappa shape index (κ2) is 7.60. The second-order valence-electron chi connectivity index (χ2n) is 5.13. The highest BCUT2D eigenvalue weighted by Gasteiger charge is 2.10. The van der Waals surface area contributed by atoms with E-state index in [1.165, 1.54) is 22.9 Å². The zero-order chi connectivity index (χ0) is 17.6. The number of thiazole rings is 1. The fraction of sp³-hybridized carbons (Fsp3) is 0.105. The number of nitriles is 1. The average molecular weight is 349 g/mol. The van der Waals surface area contributed by atoms with Crippen molar-refractivity contribution < 1.29 is 9.53 Å². The second-order valence-corrected chi connectivity index (χ2v) is 5.99. The normalized spacial score (nSPS) is 11.1. The van der Waals surface area contributed by atoms with E-state index in [0.29, 0.717) is 5.13 Å². The van der Waals surface area contributed by atoms with Crippen molar-refractivity contribution in [1.82, 2.24) is 4.98 Å². The number of hydrogen-bond acceptors (Lipinski definition) is 6. The third-order valence-electron chi connectivity index (χ3n) is 3.51. The van der Waals surface area contributed by atoms with Crippen molar-refractivity contribution >= 4 is 33.2 Å². The first-order valence-corrected chi connectivity index (χ1v) is 8.58. The monoisotopic (exact) mass is 349 g/mol. The van der Waals surface area contributed by atoms with Gasteiger partial charge in [0, 0.05) is 17.1 Å². The van der Waals surface area contributed by atoms with Crippen LogP contribution in [0.3, 0.4) is 0 Å². The molecule has 0 atom stereocenters. The lowest BCUT2D eigenvalue weighted by atomic mass is 10.1. The number of nitrogens with one attached hydrogen (secondary N) is 1. The van der Waals surface area contributed by atoms with E-state index in [1.54, 1.807) is 6.92 Å². The summed E-state index contributed by atoms with van der Waals surface area (Å²) in [5.74, 6) is -0.649. The summed E-state index contributed by atoms with van der Waals surface area (Å²) in [6.07, 6.45) is 1.32. The molecule has 25 heavy (non-hydrogen) atoms. The Bertz CT molecular complexity index is 985. The summed E-state index contributed by atoms with van der Waals surface area (Å²) in [4.78, 5) is 16.1. The Hall–Kier alpha value is -3.17. The number of anilines is 1. The Morgan fingerprint density at radius 3 is 2.88 bits per heavy atom. The lowest BCUT2D eigenvalue weighted by Crippen LogP contribution is -2.07. The van der Waals surface area contributed by atoms with Crippen LogP contribution in [-0.4, -0.2) is 17.6 Å². The first-order chi connectivity index (χ1) is 12.2. The maximum Gasteiger partial charge on any atom is 0.350 e. The highest BCUT2D eigenvalue weighted by Crippen LogP contribution is 2.27. The number of esters is 1. The predicted molar refractivity (Wildman–Crippen MR) is 99.0 cm³/mol. The van der Waals surface area contributed by atoms with Crippen molar-refractivity contribution in [1.29, 1.82) is 5.26 Å². The van der Waals surface area contributed by atoms with Crippen molar-refractivity contribution in [2.24, 2.45) is 0 Å². The molecular weight excluding hydrogens is 334 g/mol. The third kappa shape index (κ3) is 3.84. The van der Waals surface area contributed by atoms with Gasteiger partial charge in [0.2, 0.25) is 0 Å². The number of fused-ring (bicyclic) bond motifs is 1. The summed E-state index contributed by atoms with van der Waals surface area (Å²) in [5, 5.41) is 16.7. The van der Waals surface area contributed by atoms with Crippen LogP contribution in [0.5, 0.6) is 0 Å². The van der Waals surface area contributed by atoms with Crippen LogP contribution in [0.1, 0.15) is 6.92 Å². The molecule has 124 valence electrons. The molecule has 0 bridgehead atoms. The van der Waals surface area contributed by atoms with Gasteiger partial charge in [-0.05, 0) is 23.8 Å². The molecule has 0 aliphatic heterocycles. The lowest BCUT2D eigenvalue weighted by molar-refractivity contribution is -0.138. The van der Waals surface area contributed by atoms with Gasteiger partial charge in [0.25, 0.3) is 0 Å². The Labute approximate surface area is 149 Å². The molecule has 0 fully saturated rings. The number of carbonyl (C=O) groups is 1. The van der Waals surface area contributed by atoms with Gasteiger partial charge >= 0.3 is 5.97 Å². The van der Waals surface area contributed by atoms with Crippen molar-refractivity contribution in [2.45, 2.75) is 6.92 Å². The maximum atomic E-state index is 11.6. The maximum absolute atomic E-state index is 11.6. The standard InChI is InChI=1S/C19H15N3O2S/c1-2-24-18(23)16(10-20)11-21-19-22-17(12-25-19)15-8-7-13-5-3-4-6-14(13)9-15/h3-9,11-12H,2H2,1H3,(H,21,22)/b16-11-. The van der Waals surface area contributed by atoms with Gasteiger partial charge in [-0.1, -0.05) is 36.4 Å². The molecule has 5 nitrogen and oxygen atoms in total. The Kier molecular flexibility index (Phi) is 5.07. The molecule has 0 saturated carbocycles. The van der Waals surface area contributed by atoms with Gasteiger partial charge in [-0.2, -0.15) is 5.26 Å². The van der Waals surface area contributed by atoms with E-state index in [9.17, 15) is 4.79 Å². The summed E-state index contributed by atoms with van der Waals surface area (Å²) < 4.78 is 4.81. The zero-order valence-corrected chi connectivity index (χ0v) is 14.3. The molecule has 0 aliphatic carbocycles. The third-order valence-corrected chi connectivity index (χ3v) is 4.28. The van der Waals surface area contributed by atoms with Crippen LogP contribution in [0.2, 0.25) is 0 Å². The van der Waals surface area contributed by atoms with Crippen LogP contribution in [0.25, 0.3) is 22.0 Å². The van der Waals surface area contributed by atoms with Crippen molar-refractivity contribution in [3.05, 3.63) is 59.6 Å². The number of hydrogen-bond donors (Lipinski definition) is 1. The summed E-state index contributed by atoms with van der Waals surface area (Å²) >= 11 is 1.40. The molecule has 0 saturated heterocycles. The van der Waals surface area contributed by atoms with Crippen LogP contribution in [0.4, 0.5) is 5.13 Å². The molecule has 2 aromatic carbocycles. The van der Waals surface area contributed by atoms with Gasteiger partial charge in [-0.3, -0.25) is 0 Å². The molecular formula is C19H15N3O2S.